The van der Waals surface area contributed by atoms with Gasteiger partial charge in [0.15, 0.2) is 0 Å². The van der Waals surface area contributed by atoms with Crippen LogP contribution in [0.5, 0.6) is 5.75 Å². The number of hydrogen-bond donors (Lipinski definition) is 2. The monoisotopic (exact) mass is 188 g/mol. The Bertz CT molecular complexity index is 314. The zero-order valence-electron chi connectivity index (χ0n) is 5.82. The van der Waals surface area contributed by atoms with Crippen LogP contribution in [0.15, 0.2) is 23.1 Å². The Labute approximate surface area is 72.1 Å². The molecule has 0 saturated heterocycles. The lowest BCUT2D eigenvalue weighted by Gasteiger charge is -1.99. The minimum Gasteiger partial charge on any atom is -0.507 e. The number of carboxylic acids is 1. The van der Waals surface area contributed by atoms with Crippen LogP contribution in [-0.2, 0) is 0 Å². The predicted molar refractivity (Wildman–Crippen MR) is 42.0 cm³/mol. The fraction of sp³-hybridized carbons (Fsp3) is 0. The minimum absolute atomic E-state index is 0.0654. The van der Waals surface area contributed by atoms with E-state index in [2.05, 4.69) is 0 Å². The number of phenols is 1. The third-order valence-electron chi connectivity index (χ3n) is 1.29. The quantitative estimate of drug-likeness (QED) is 0.745. The van der Waals surface area contributed by atoms with Gasteiger partial charge in [-0.3, -0.25) is 0 Å². The number of aromatic hydroxyl groups is 1. The third-order valence-corrected chi connectivity index (χ3v) is 1.72. The standard InChI is InChI=1S/C7H5FO3S/c8-12-4-1-2-6(9)5(3-4)7(10)11/h1-3,9H,(H,10,11). The summed E-state index contributed by atoms with van der Waals surface area (Å²) >= 11 is -0.0654. The van der Waals surface area contributed by atoms with E-state index in [-0.39, 0.29) is 28.4 Å². The molecule has 1 rings (SSSR count). The van der Waals surface area contributed by atoms with Gasteiger partial charge in [-0.1, -0.05) is 0 Å². The second-order valence-corrected chi connectivity index (χ2v) is 2.69. The first-order valence-electron chi connectivity index (χ1n) is 3.00. The summed E-state index contributed by atoms with van der Waals surface area (Å²) < 4.78 is 11.9. The largest absolute Gasteiger partial charge is 0.507 e. The van der Waals surface area contributed by atoms with Crippen molar-refractivity contribution in [2.24, 2.45) is 0 Å². The summed E-state index contributed by atoms with van der Waals surface area (Å²) in [5.41, 5.74) is -0.294. The number of benzene rings is 1. The molecule has 0 heterocycles. The first kappa shape index (κ1) is 8.86. The molecule has 2 N–H and O–H groups in total. The van der Waals surface area contributed by atoms with Crippen LogP contribution in [0.1, 0.15) is 10.4 Å². The van der Waals surface area contributed by atoms with Crippen molar-refractivity contribution >= 4 is 18.1 Å². The average molecular weight is 188 g/mol. The molecule has 1 aromatic carbocycles. The van der Waals surface area contributed by atoms with E-state index in [4.69, 9.17) is 10.2 Å². The second kappa shape index (κ2) is 3.44. The van der Waals surface area contributed by atoms with Crippen molar-refractivity contribution < 1.29 is 18.9 Å². The number of hydrogen-bond acceptors (Lipinski definition) is 3. The summed E-state index contributed by atoms with van der Waals surface area (Å²) in [6, 6.07) is 3.51. The average Bonchev–Trinajstić information content (AvgIpc) is 2.05. The molecule has 0 atom stereocenters. The molecule has 0 bridgehead atoms. The molecule has 5 heteroatoms. The fourth-order valence-corrected chi connectivity index (χ4v) is 1.02. The number of aromatic carboxylic acids is 1. The molecule has 0 amide bonds. The topological polar surface area (TPSA) is 57.5 Å². The van der Waals surface area contributed by atoms with E-state index in [0.29, 0.717) is 0 Å². The molecule has 0 aliphatic carbocycles. The van der Waals surface area contributed by atoms with E-state index in [1.807, 2.05) is 0 Å². The zero-order chi connectivity index (χ0) is 9.14. The lowest BCUT2D eigenvalue weighted by molar-refractivity contribution is 0.0693. The Kier molecular flexibility index (Phi) is 2.54. The van der Waals surface area contributed by atoms with Crippen LogP contribution in [0.25, 0.3) is 0 Å². The summed E-state index contributed by atoms with van der Waals surface area (Å²) in [6.45, 7) is 0. The lowest BCUT2D eigenvalue weighted by Crippen LogP contribution is -1.96. The molecule has 1 aromatic rings. The highest BCUT2D eigenvalue weighted by Gasteiger charge is 2.09. The molecule has 0 spiro atoms. The van der Waals surface area contributed by atoms with Crippen molar-refractivity contribution in [3.63, 3.8) is 0 Å². The molecular formula is C7H5FO3S. The van der Waals surface area contributed by atoms with Crippen LogP contribution in [0.3, 0.4) is 0 Å². The van der Waals surface area contributed by atoms with Crippen LogP contribution in [0.2, 0.25) is 0 Å². The first-order valence-corrected chi connectivity index (χ1v) is 3.71. The Balaban J connectivity index is 3.17. The molecule has 0 aliphatic rings. The van der Waals surface area contributed by atoms with Gasteiger partial charge in [-0.15, -0.1) is 0 Å². The van der Waals surface area contributed by atoms with Crippen molar-refractivity contribution in [2.45, 2.75) is 4.90 Å². The predicted octanol–water partition coefficient (Wildman–Crippen LogP) is 2.07. The number of carboxylic acid groups (broad SMARTS) is 1. The molecule has 64 valence electrons. The van der Waals surface area contributed by atoms with Crippen LogP contribution in [0.4, 0.5) is 3.89 Å². The van der Waals surface area contributed by atoms with Crippen molar-refractivity contribution in [3.8, 4) is 5.75 Å². The smallest absolute Gasteiger partial charge is 0.339 e. The van der Waals surface area contributed by atoms with Crippen molar-refractivity contribution in [3.05, 3.63) is 23.8 Å². The van der Waals surface area contributed by atoms with Gasteiger partial charge < -0.3 is 10.2 Å². The van der Waals surface area contributed by atoms with Crippen molar-refractivity contribution in [1.29, 1.82) is 0 Å². The van der Waals surface area contributed by atoms with Gasteiger partial charge in [0.05, 0.1) is 12.1 Å². The summed E-state index contributed by atoms with van der Waals surface area (Å²) in [5, 5.41) is 17.5. The molecule has 0 fully saturated rings. The minimum atomic E-state index is -1.27. The van der Waals surface area contributed by atoms with E-state index in [1.165, 1.54) is 6.07 Å². The molecule has 0 saturated carbocycles. The normalized spacial score (nSPS) is 9.75. The number of halogens is 1. The van der Waals surface area contributed by atoms with Crippen LogP contribution < -0.4 is 0 Å². The Morgan fingerprint density at radius 1 is 1.50 bits per heavy atom. The fourth-order valence-electron chi connectivity index (χ4n) is 0.734. The summed E-state index contributed by atoms with van der Waals surface area (Å²) in [4.78, 5) is 10.6. The number of carbonyl (C=O) groups is 1. The van der Waals surface area contributed by atoms with Gasteiger partial charge in [0.2, 0.25) is 0 Å². The van der Waals surface area contributed by atoms with Gasteiger partial charge in [-0.25, -0.2) is 4.79 Å². The molecule has 0 unspecified atom stereocenters. The number of rotatable bonds is 2. The van der Waals surface area contributed by atoms with Gasteiger partial charge >= 0.3 is 5.97 Å². The van der Waals surface area contributed by atoms with Gasteiger partial charge in [-0.05, 0) is 18.2 Å². The summed E-state index contributed by atoms with van der Waals surface area (Å²) in [5.74, 6) is -1.64. The van der Waals surface area contributed by atoms with E-state index in [9.17, 15) is 8.68 Å². The highest BCUT2D eigenvalue weighted by Crippen LogP contribution is 2.25. The molecule has 0 aromatic heterocycles. The van der Waals surface area contributed by atoms with E-state index in [0.717, 1.165) is 12.1 Å². The highest BCUT2D eigenvalue weighted by atomic mass is 32.2. The van der Waals surface area contributed by atoms with Crippen molar-refractivity contribution in [2.75, 3.05) is 0 Å². The van der Waals surface area contributed by atoms with Crippen molar-refractivity contribution in [1.82, 2.24) is 0 Å². The summed E-state index contributed by atoms with van der Waals surface area (Å²) in [6.07, 6.45) is 0. The lowest BCUT2D eigenvalue weighted by atomic mass is 10.2. The third kappa shape index (κ3) is 1.68. The maximum absolute atomic E-state index is 11.9. The Hall–Kier alpha value is -1.23. The molecule has 0 aliphatic heterocycles. The van der Waals surface area contributed by atoms with E-state index in [1.54, 1.807) is 0 Å². The van der Waals surface area contributed by atoms with Gasteiger partial charge in [0, 0.05) is 4.90 Å². The van der Waals surface area contributed by atoms with E-state index < -0.39 is 5.97 Å². The van der Waals surface area contributed by atoms with Crippen LogP contribution >= 0.6 is 12.1 Å². The van der Waals surface area contributed by atoms with Gasteiger partial charge in [-0.2, -0.15) is 3.89 Å². The maximum atomic E-state index is 11.9. The molecule has 3 nitrogen and oxygen atoms in total. The van der Waals surface area contributed by atoms with E-state index >= 15 is 0 Å². The maximum Gasteiger partial charge on any atom is 0.339 e. The molecule has 0 radical (unpaired) electrons. The first-order chi connectivity index (χ1) is 5.65. The zero-order valence-corrected chi connectivity index (χ0v) is 6.64. The second-order valence-electron chi connectivity index (χ2n) is 2.06. The SMILES string of the molecule is O=C(O)c1cc(SF)ccc1O. The Morgan fingerprint density at radius 3 is 2.67 bits per heavy atom. The van der Waals surface area contributed by atoms with Crippen LogP contribution in [0, 0.1) is 0 Å². The summed E-state index contributed by atoms with van der Waals surface area (Å²) in [7, 11) is 0. The highest BCUT2D eigenvalue weighted by molar-refractivity contribution is 7.94. The molecular weight excluding hydrogens is 183 g/mol. The van der Waals surface area contributed by atoms with Gasteiger partial charge in [0.1, 0.15) is 11.3 Å². The molecule has 12 heavy (non-hydrogen) atoms. The van der Waals surface area contributed by atoms with Crippen LogP contribution in [-0.4, -0.2) is 16.2 Å². The van der Waals surface area contributed by atoms with Gasteiger partial charge in [0.25, 0.3) is 0 Å². The Morgan fingerprint density at radius 2 is 2.17 bits per heavy atom.